The van der Waals surface area contributed by atoms with Gasteiger partial charge in [-0.05, 0) is 25.0 Å². The van der Waals surface area contributed by atoms with Crippen LogP contribution in [0.4, 0.5) is 0 Å². The number of hydrogen-bond donors (Lipinski definition) is 3. The summed E-state index contributed by atoms with van der Waals surface area (Å²) in [6.45, 7) is 5.49. The van der Waals surface area contributed by atoms with Gasteiger partial charge < -0.3 is 15.5 Å². The number of benzene rings is 1. The number of carbonyl (C=O) groups excluding carboxylic acids is 1. The van der Waals surface area contributed by atoms with E-state index in [0.29, 0.717) is 0 Å². The first-order valence-electron chi connectivity index (χ1n) is 6.13. The summed E-state index contributed by atoms with van der Waals surface area (Å²) in [5, 5.41) is 21.1. The second-order valence-corrected chi connectivity index (χ2v) is 4.94. The minimum Gasteiger partial charge on any atom is -0.507 e. The molecule has 0 bridgehead atoms. The minimum atomic E-state index is -0.965. The molecule has 0 radical (unpaired) electrons. The lowest BCUT2D eigenvalue weighted by atomic mass is 10.00. The highest BCUT2D eigenvalue weighted by molar-refractivity contribution is 5.97. The van der Waals surface area contributed by atoms with Crippen molar-refractivity contribution in [2.24, 2.45) is 5.92 Å². The Morgan fingerprint density at radius 3 is 2.47 bits per heavy atom. The molecule has 0 heterocycles. The number of carboxylic acids is 1. The molecule has 0 aliphatic rings. The van der Waals surface area contributed by atoms with E-state index in [1.807, 2.05) is 20.8 Å². The highest BCUT2D eigenvalue weighted by Gasteiger charge is 2.21. The fraction of sp³-hybridized carbons (Fsp3) is 0.429. The molecule has 3 N–H and O–H groups in total. The van der Waals surface area contributed by atoms with E-state index in [2.05, 4.69) is 5.32 Å². The van der Waals surface area contributed by atoms with Crippen LogP contribution in [-0.2, 0) is 4.79 Å². The van der Waals surface area contributed by atoms with E-state index in [4.69, 9.17) is 5.11 Å². The molecule has 0 aliphatic heterocycles. The highest BCUT2D eigenvalue weighted by atomic mass is 16.4. The molecule has 1 atom stereocenters. The van der Waals surface area contributed by atoms with Crippen molar-refractivity contribution in [3.8, 4) is 5.75 Å². The molecule has 0 spiro atoms. The van der Waals surface area contributed by atoms with Crippen LogP contribution in [0.5, 0.6) is 5.75 Å². The molecule has 104 valence electrons. The number of amides is 1. The van der Waals surface area contributed by atoms with Crippen molar-refractivity contribution in [1.29, 1.82) is 0 Å². The standard InChI is InChI=1S/C14H19NO4/c1-8(2)11(7-13(17)18)15-14(19)10-6-9(3)4-5-12(10)16/h4-6,8,11,16H,7H2,1-3H3,(H,15,19)(H,17,18). The Kier molecular flexibility index (Phi) is 4.92. The van der Waals surface area contributed by atoms with E-state index < -0.39 is 17.9 Å². The summed E-state index contributed by atoms with van der Waals surface area (Å²) in [5.41, 5.74) is 1.01. The van der Waals surface area contributed by atoms with E-state index in [0.717, 1.165) is 5.56 Å². The Morgan fingerprint density at radius 1 is 1.32 bits per heavy atom. The lowest BCUT2D eigenvalue weighted by Crippen LogP contribution is -2.40. The maximum absolute atomic E-state index is 12.1. The van der Waals surface area contributed by atoms with Gasteiger partial charge in [0.15, 0.2) is 0 Å². The van der Waals surface area contributed by atoms with Crippen LogP contribution in [0.3, 0.4) is 0 Å². The summed E-state index contributed by atoms with van der Waals surface area (Å²) in [4.78, 5) is 22.8. The normalized spacial score (nSPS) is 12.2. The fourth-order valence-corrected chi connectivity index (χ4v) is 1.72. The Labute approximate surface area is 112 Å². The van der Waals surface area contributed by atoms with E-state index in [1.54, 1.807) is 12.1 Å². The maximum Gasteiger partial charge on any atom is 0.305 e. The largest absolute Gasteiger partial charge is 0.507 e. The van der Waals surface area contributed by atoms with Gasteiger partial charge in [0, 0.05) is 6.04 Å². The van der Waals surface area contributed by atoms with Gasteiger partial charge in [-0.2, -0.15) is 0 Å². The molecule has 0 fully saturated rings. The van der Waals surface area contributed by atoms with E-state index in [-0.39, 0.29) is 23.7 Å². The van der Waals surface area contributed by atoms with Crippen molar-refractivity contribution in [1.82, 2.24) is 5.32 Å². The molecule has 0 aliphatic carbocycles. The zero-order valence-corrected chi connectivity index (χ0v) is 11.3. The molecule has 1 rings (SSSR count). The number of carbonyl (C=O) groups is 2. The average molecular weight is 265 g/mol. The summed E-state index contributed by atoms with van der Waals surface area (Å²) >= 11 is 0. The third-order valence-electron chi connectivity index (χ3n) is 2.91. The molecule has 0 aromatic heterocycles. The molecule has 1 amide bonds. The number of hydrogen-bond acceptors (Lipinski definition) is 3. The molecule has 1 unspecified atom stereocenters. The molecule has 0 saturated heterocycles. The topological polar surface area (TPSA) is 86.6 Å². The number of aromatic hydroxyl groups is 1. The number of phenolic OH excluding ortho intramolecular Hbond substituents is 1. The molecule has 1 aromatic rings. The zero-order valence-electron chi connectivity index (χ0n) is 11.3. The predicted octanol–water partition coefficient (Wildman–Crippen LogP) is 1.93. The van der Waals surface area contributed by atoms with Crippen LogP contribution in [0.2, 0.25) is 0 Å². The van der Waals surface area contributed by atoms with Crippen molar-refractivity contribution in [2.45, 2.75) is 33.2 Å². The van der Waals surface area contributed by atoms with Crippen molar-refractivity contribution >= 4 is 11.9 Å². The number of rotatable bonds is 5. The maximum atomic E-state index is 12.1. The second-order valence-electron chi connectivity index (χ2n) is 4.94. The number of carboxylic acid groups (broad SMARTS) is 1. The molecule has 0 saturated carbocycles. The van der Waals surface area contributed by atoms with Crippen molar-refractivity contribution in [3.05, 3.63) is 29.3 Å². The van der Waals surface area contributed by atoms with Crippen LogP contribution < -0.4 is 5.32 Å². The van der Waals surface area contributed by atoms with Crippen LogP contribution in [0.25, 0.3) is 0 Å². The third-order valence-corrected chi connectivity index (χ3v) is 2.91. The van der Waals surface area contributed by atoms with Gasteiger partial charge in [-0.3, -0.25) is 9.59 Å². The third kappa shape index (κ3) is 4.28. The molecular weight excluding hydrogens is 246 g/mol. The van der Waals surface area contributed by atoms with Gasteiger partial charge in [0.2, 0.25) is 0 Å². The van der Waals surface area contributed by atoms with E-state index in [1.165, 1.54) is 6.07 Å². The number of aryl methyl sites for hydroxylation is 1. The smallest absolute Gasteiger partial charge is 0.305 e. The van der Waals surface area contributed by atoms with E-state index in [9.17, 15) is 14.7 Å². The first kappa shape index (κ1) is 15.0. The lowest BCUT2D eigenvalue weighted by Gasteiger charge is -2.21. The number of phenols is 1. The van der Waals surface area contributed by atoms with Crippen molar-refractivity contribution in [3.63, 3.8) is 0 Å². The number of nitrogens with one attached hydrogen (secondary N) is 1. The van der Waals surface area contributed by atoms with Crippen LogP contribution in [-0.4, -0.2) is 28.1 Å². The van der Waals surface area contributed by atoms with E-state index >= 15 is 0 Å². The monoisotopic (exact) mass is 265 g/mol. The predicted molar refractivity (Wildman–Crippen MR) is 71.2 cm³/mol. The summed E-state index contributed by atoms with van der Waals surface area (Å²) in [5.74, 6) is -1.54. The van der Waals surface area contributed by atoms with Gasteiger partial charge in [0.05, 0.1) is 12.0 Å². The van der Waals surface area contributed by atoms with Crippen molar-refractivity contribution in [2.75, 3.05) is 0 Å². The second kappa shape index (κ2) is 6.22. The molecule has 1 aromatic carbocycles. The molecule has 5 nitrogen and oxygen atoms in total. The van der Waals surface area contributed by atoms with Gasteiger partial charge in [0.25, 0.3) is 5.91 Å². The Morgan fingerprint density at radius 2 is 1.95 bits per heavy atom. The Hall–Kier alpha value is -2.04. The van der Waals surface area contributed by atoms with Gasteiger partial charge in [-0.25, -0.2) is 0 Å². The molecule has 19 heavy (non-hydrogen) atoms. The van der Waals surface area contributed by atoms with Crippen LogP contribution in [0.1, 0.15) is 36.2 Å². The number of aliphatic carboxylic acids is 1. The van der Waals surface area contributed by atoms with Crippen LogP contribution >= 0.6 is 0 Å². The summed E-state index contributed by atoms with van der Waals surface area (Å²) in [6.07, 6.45) is -0.143. The quantitative estimate of drug-likeness (QED) is 0.759. The Balaban J connectivity index is 2.87. The average Bonchev–Trinajstić information content (AvgIpc) is 2.30. The first-order valence-corrected chi connectivity index (χ1v) is 6.13. The van der Waals surface area contributed by atoms with Gasteiger partial charge in [-0.15, -0.1) is 0 Å². The SMILES string of the molecule is Cc1ccc(O)c(C(=O)NC(CC(=O)O)C(C)C)c1. The van der Waals surface area contributed by atoms with Gasteiger partial charge in [0.1, 0.15) is 5.75 Å². The summed E-state index contributed by atoms with van der Waals surface area (Å²) in [7, 11) is 0. The summed E-state index contributed by atoms with van der Waals surface area (Å²) in [6, 6.07) is 4.25. The van der Waals surface area contributed by atoms with Crippen LogP contribution in [0, 0.1) is 12.8 Å². The lowest BCUT2D eigenvalue weighted by molar-refractivity contribution is -0.137. The first-order chi connectivity index (χ1) is 8.81. The Bertz CT molecular complexity index is 482. The minimum absolute atomic E-state index is 0.00741. The fourth-order valence-electron chi connectivity index (χ4n) is 1.72. The zero-order chi connectivity index (χ0) is 14.6. The molecule has 5 heteroatoms. The van der Waals surface area contributed by atoms with Gasteiger partial charge >= 0.3 is 5.97 Å². The van der Waals surface area contributed by atoms with Gasteiger partial charge in [-0.1, -0.05) is 25.5 Å². The van der Waals surface area contributed by atoms with Crippen LogP contribution in [0.15, 0.2) is 18.2 Å². The highest BCUT2D eigenvalue weighted by Crippen LogP contribution is 2.19. The molecular formula is C14H19NO4. The van der Waals surface area contributed by atoms with Crippen molar-refractivity contribution < 1.29 is 19.8 Å². The summed E-state index contributed by atoms with van der Waals surface area (Å²) < 4.78 is 0.